The van der Waals surface area contributed by atoms with Crippen LogP contribution in [0.5, 0.6) is 5.88 Å². The number of rotatable bonds is 9. The highest BCUT2D eigenvalue weighted by atomic mass is 35.5. The number of carbonyl (C=O) groups is 1. The van der Waals surface area contributed by atoms with Gasteiger partial charge in [-0.2, -0.15) is 5.10 Å². The molecule has 0 radical (unpaired) electrons. The van der Waals surface area contributed by atoms with Gasteiger partial charge in [0, 0.05) is 48.0 Å². The average molecular weight is 547 g/mol. The minimum atomic E-state index is -1.06. The first-order chi connectivity index (χ1) is 17.8. The van der Waals surface area contributed by atoms with E-state index >= 15 is 0 Å². The summed E-state index contributed by atoms with van der Waals surface area (Å²) in [4.78, 5) is 15.3. The van der Waals surface area contributed by atoms with Crippen LogP contribution in [-0.2, 0) is 18.4 Å². The minimum absolute atomic E-state index is 0.0114. The van der Waals surface area contributed by atoms with Gasteiger partial charge in [0.2, 0.25) is 5.88 Å². The van der Waals surface area contributed by atoms with Crippen LogP contribution in [0.4, 0.5) is 0 Å². The van der Waals surface area contributed by atoms with Gasteiger partial charge in [0.05, 0.1) is 28.9 Å². The van der Waals surface area contributed by atoms with Crippen LogP contribution < -0.4 is 4.74 Å². The number of hydrogen-bond donors (Lipinski definition) is 1. The predicted molar refractivity (Wildman–Crippen MR) is 135 cm³/mol. The minimum Gasteiger partial charge on any atom is -0.477 e. The van der Waals surface area contributed by atoms with Gasteiger partial charge in [-0.1, -0.05) is 28.4 Å². The molecule has 37 heavy (non-hydrogen) atoms. The van der Waals surface area contributed by atoms with Gasteiger partial charge in [-0.15, -0.1) is 0 Å². The molecule has 0 amide bonds. The van der Waals surface area contributed by atoms with Crippen LogP contribution in [0, 0.1) is 5.41 Å². The zero-order valence-corrected chi connectivity index (χ0v) is 22.0. The van der Waals surface area contributed by atoms with Gasteiger partial charge >= 0.3 is 5.97 Å². The maximum atomic E-state index is 11.2. The van der Waals surface area contributed by atoms with Crippen LogP contribution >= 0.6 is 23.2 Å². The van der Waals surface area contributed by atoms with Gasteiger partial charge in [-0.3, -0.25) is 4.98 Å². The van der Waals surface area contributed by atoms with E-state index < -0.39 is 5.97 Å². The van der Waals surface area contributed by atoms with Crippen LogP contribution in [-0.4, -0.2) is 43.2 Å². The van der Waals surface area contributed by atoms with Crippen LogP contribution in [0.15, 0.2) is 23.0 Å². The molecule has 11 heteroatoms. The van der Waals surface area contributed by atoms with Gasteiger partial charge in [0.15, 0.2) is 5.69 Å². The summed E-state index contributed by atoms with van der Waals surface area (Å²) in [5.41, 5.74) is 2.08. The van der Waals surface area contributed by atoms with Gasteiger partial charge in [-0.25, -0.2) is 9.48 Å². The smallest absolute Gasteiger partial charge is 0.356 e. The summed E-state index contributed by atoms with van der Waals surface area (Å²) in [5, 5.41) is 18.4. The Morgan fingerprint density at radius 1 is 1.16 bits per heavy atom. The van der Waals surface area contributed by atoms with Crippen LogP contribution in [0.1, 0.15) is 79.1 Å². The molecule has 9 nitrogen and oxygen atoms in total. The van der Waals surface area contributed by atoms with E-state index in [2.05, 4.69) is 15.2 Å². The van der Waals surface area contributed by atoms with Crippen molar-refractivity contribution >= 4 is 29.2 Å². The Kier molecular flexibility index (Phi) is 6.20. The van der Waals surface area contributed by atoms with Crippen molar-refractivity contribution < 1.29 is 23.9 Å². The van der Waals surface area contributed by atoms with Crippen molar-refractivity contribution in [2.24, 2.45) is 12.5 Å². The molecule has 0 atom stereocenters. The summed E-state index contributed by atoms with van der Waals surface area (Å²) in [6.07, 6.45) is 11.1. The first-order valence-electron chi connectivity index (χ1n) is 12.6. The molecule has 7 rings (SSSR count). The van der Waals surface area contributed by atoms with Crippen molar-refractivity contribution in [3.8, 4) is 17.1 Å². The number of aromatic nitrogens is 4. The molecule has 4 saturated carbocycles. The number of fused-ring (bicyclic) bond motifs is 3. The Bertz CT molecular complexity index is 1300. The Labute approximate surface area is 224 Å². The van der Waals surface area contributed by atoms with E-state index in [-0.39, 0.29) is 16.7 Å². The SMILES string of the molecule is Cn1nc(C(=O)O)cc1OCC12CCC(OCc3c(-c4c(Cl)cncc4Cl)noc3C3CC3)(CC1)CC2. The molecule has 4 aliphatic rings. The summed E-state index contributed by atoms with van der Waals surface area (Å²) in [6.45, 7) is 0.943. The zero-order valence-electron chi connectivity index (χ0n) is 20.5. The van der Waals surface area contributed by atoms with E-state index in [9.17, 15) is 9.90 Å². The third kappa shape index (κ3) is 4.62. The molecule has 0 unspecified atom stereocenters. The van der Waals surface area contributed by atoms with Crippen LogP contribution in [0.2, 0.25) is 10.0 Å². The third-order valence-electron chi connectivity index (χ3n) is 8.29. The van der Waals surface area contributed by atoms with E-state index in [1.807, 2.05) is 0 Å². The molecule has 0 aliphatic heterocycles. The lowest BCUT2D eigenvalue weighted by atomic mass is 9.59. The van der Waals surface area contributed by atoms with Gasteiger partial charge in [0.1, 0.15) is 11.5 Å². The number of nitrogens with zero attached hydrogens (tertiary/aromatic N) is 4. The highest BCUT2D eigenvalue weighted by Crippen LogP contribution is 2.55. The van der Waals surface area contributed by atoms with Crippen molar-refractivity contribution in [1.82, 2.24) is 19.9 Å². The number of hydrogen-bond acceptors (Lipinski definition) is 7. The van der Waals surface area contributed by atoms with Crippen LogP contribution in [0.25, 0.3) is 11.3 Å². The van der Waals surface area contributed by atoms with Gasteiger partial charge in [-0.05, 0) is 51.4 Å². The summed E-state index contributed by atoms with van der Waals surface area (Å²) in [7, 11) is 1.70. The fourth-order valence-corrected chi connectivity index (χ4v) is 6.31. The first kappa shape index (κ1) is 24.7. The fraction of sp³-hybridized carbons (Fsp3) is 0.538. The number of carboxylic acid groups (broad SMARTS) is 1. The molecular weight excluding hydrogens is 519 g/mol. The van der Waals surface area contributed by atoms with E-state index in [0.717, 1.165) is 62.7 Å². The van der Waals surface area contributed by atoms with Crippen LogP contribution in [0.3, 0.4) is 0 Å². The van der Waals surface area contributed by atoms with Crippen molar-refractivity contribution in [3.05, 3.63) is 45.5 Å². The molecule has 4 aliphatic carbocycles. The van der Waals surface area contributed by atoms with Crippen molar-refractivity contribution in [3.63, 3.8) is 0 Å². The number of ether oxygens (including phenoxy) is 2. The normalized spacial score (nSPS) is 24.9. The Morgan fingerprint density at radius 2 is 1.84 bits per heavy atom. The summed E-state index contributed by atoms with van der Waals surface area (Å²) in [5.74, 6) is 0.663. The number of pyridine rings is 1. The number of halogens is 2. The maximum absolute atomic E-state index is 11.2. The lowest BCUT2D eigenvalue weighted by Crippen LogP contribution is -2.49. The molecule has 4 fully saturated rings. The molecule has 3 aromatic rings. The maximum Gasteiger partial charge on any atom is 0.356 e. The highest BCUT2D eigenvalue weighted by molar-refractivity contribution is 6.38. The molecule has 196 valence electrons. The predicted octanol–water partition coefficient (Wildman–Crippen LogP) is 6.04. The summed E-state index contributed by atoms with van der Waals surface area (Å²) < 4.78 is 20.0. The summed E-state index contributed by atoms with van der Waals surface area (Å²) >= 11 is 12.9. The van der Waals surface area contributed by atoms with Crippen molar-refractivity contribution in [1.29, 1.82) is 0 Å². The molecule has 0 spiro atoms. The molecule has 3 heterocycles. The molecule has 0 saturated heterocycles. The first-order valence-corrected chi connectivity index (χ1v) is 13.4. The van der Waals surface area contributed by atoms with E-state index in [1.165, 1.54) is 10.7 Å². The van der Waals surface area contributed by atoms with Crippen molar-refractivity contribution in [2.45, 2.75) is 69.5 Å². The fourth-order valence-electron chi connectivity index (χ4n) is 5.77. The topological polar surface area (TPSA) is 113 Å². The van der Waals surface area contributed by atoms with E-state index in [4.69, 9.17) is 37.2 Å². The largest absolute Gasteiger partial charge is 0.477 e. The van der Waals surface area contributed by atoms with Crippen molar-refractivity contribution in [2.75, 3.05) is 6.61 Å². The molecule has 3 aromatic heterocycles. The molecule has 0 aromatic carbocycles. The highest BCUT2D eigenvalue weighted by Gasteiger charge is 2.50. The third-order valence-corrected chi connectivity index (χ3v) is 8.87. The zero-order chi connectivity index (χ0) is 25.8. The quantitative estimate of drug-likeness (QED) is 0.345. The second-order valence-corrected chi connectivity index (χ2v) is 11.5. The lowest BCUT2D eigenvalue weighted by Gasteiger charge is -2.52. The average Bonchev–Trinajstić information content (AvgIpc) is 3.54. The second-order valence-electron chi connectivity index (χ2n) is 10.7. The number of aryl methyl sites for hydroxylation is 1. The second kappa shape index (κ2) is 9.29. The van der Waals surface area contributed by atoms with E-state index in [1.54, 1.807) is 19.4 Å². The molecule has 1 N–H and O–H groups in total. The Balaban J connectivity index is 1.14. The van der Waals surface area contributed by atoms with Gasteiger partial charge in [0.25, 0.3) is 0 Å². The Morgan fingerprint density at radius 3 is 2.43 bits per heavy atom. The standard InChI is InChI=1S/C26H28Cl2N4O5/c1-32-20(10-19(30-32)24(33)34)35-14-25-4-7-26(8-5-25,9-6-25)36-13-16-22(31-37-23(16)15-2-3-15)21-17(27)11-29-12-18(21)28/h10-12,15H,2-9,13-14H2,1H3,(H,33,34). The number of carboxylic acids is 1. The van der Waals surface area contributed by atoms with Gasteiger partial charge < -0.3 is 19.1 Å². The Hall–Kier alpha value is -2.62. The molecular formula is C26H28Cl2N4O5. The summed E-state index contributed by atoms with van der Waals surface area (Å²) in [6, 6.07) is 1.48. The lowest BCUT2D eigenvalue weighted by molar-refractivity contribution is -0.150. The monoisotopic (exact) mass is 546 g/mol. The van der Waals surface area contributed by atoms with E-state index in [0.29, 0.717) is 46.3 Å². The number of aromatic carboxylic acids is 1. The molecule has 2 bridgehead atoms.